The van der Waals surface area contributed by atoms with Crippen LogP contribution in [-0.2, 0) is 35.1 Å². The maximum absolute atomic E-state index is 14.0. The van der Waals surface area contributed by atoms with Crippen molar-refractivity contribution in [2.24, 2.45) is 17.6 Å². The van der Waals surface area contributed by atoms with Crippen LogP contribution in [-0.4, -0.2) is 87.5 Å². The lowest BCUT2D eigenvalue weighted by Gasteiger charge is -2.50. The van der Waals surface area contributed by atoms with Gasteiger partial charge in [-0.25, -0.2) is 0 Å². The summed E-state index contributed by atoms with van der Waals surface area (Å²) in [4.78, 5) is 64.4. The molecule has 45 heavy (non-hydrogen) atoms. The van der Waals surface area contributed by atoms with E-state index in [1.807, 2.05) is 0 Å². The molecule has 13 heteroatoms. The highest BCUT2D eigenvalue weighted by atomic mass is 16.5. The van der Waals surface area contributed by atoms with Crippen LogP contribution in [0.5, 0.6) is 5.75 Å². The van der Waals surface area contributed by atoms with E-state index in [1.165, 1.54) is 32.2 Å². The first-order valence-corrected chi connectivity index (χ1v) is 14.2. The lowest BCUT2D eigenvalue weighted by molar-refractivity contribution is -0.153. The molecule has 1 unspecified atom stereocenters. The van der Waals surface area contributed by atoms with Crippen molar-refractivity contribution in [2.75, 3.05) is 26.5 Å². The lowest BCUT2D eigenvalue weighted by Crippen LogP contribution is -2.65. The number of aromatic hydroxyl groups is 1. The van der Waals surface area contributed by atoms with Crippen molar-refractivity contribution in [3.8, 4) is 16.9 Å². The van der Waals surface area contributed by atoms with Gasteiger partial charge in [-0.1, -0.05) is 18.2 Å². The minimum absolute atomic E-state index is 0.0241. The molecule has 0 radical (unpaired) electrons. The fraction of sp³-hybridized carbons (Fsp3) is 0.344. The molecule has 4 atom stereocenters. The number of nitrogens with one attached hydrogen (secondary N) is 1. The summed E-state index contributed by atoms with van der Waals surface area (Å²) in [6, 6.07) is 8.57. The minimum Gasteiger partial charge on any atom is -0.508 e. The highest BCUT2D eigenvalue weighted by molar-refractivity contribution is 6.24. The number of nitrogens with zero attached hydrogens (tertiary/aromatic N) is 1. The van der Waals surface area contributed by atoms with Gasteiger partial charge in [0.05, 0.1) is 25.1 Å². The van der Waals surface area contributed by atoms with E-state index in [1.54, 1.807) is 30.3 Å². The second kappa shape index (κ2) is 11.5. The van der Waals surface area contributed by atoms with Crippen LogP contribution in [0.25, 0.3) is 16.9 Å². The number of carbonyl (C=O) groups excluding carboxylic acids is 5. The zero-order valence-electron chi connectivity index (χ0n) is 24.8. The van der Waals surface area contributed by atoms with E-state index < -0.39 is 64.0 Å². The van der Waals surface area contributed by atoms with E-state index in [-0.39, 0.29) is 48.5 Å². The number of primary amides is 1. The number of esters is 1. The summed E-state index contributed by atoms with van der Waals surface area (Å²) in [5.74, 6) is -8.03. The number of phenolic OH excluding ortho intramolecular Hbond substituents is 1. The third-order valence-corrected chi connectivity index (χ3v) is 8.87. The average Bonchev–Trinajstić information content (AvgIpc) is 2.98. The number of likely N-dealkylation sites (N-methyl/N-ethyl adjacent to an activating group) is 1. The fourth-order valence-corrected chi connectivity index (χ4v) is 6.79. The van der Waals surface area contributed by atoms with E-state index in [4.69, 9.17) is 5.73 Å². The maximum Gasteiger partial charge on any atom is 0.306 e. The molecule has 2 amide bonds. The van der Waals surface area contributed by atoms with Crippen LogP contribution in [0.15, 0.2) is 53.3 Å². The number of nitrogens with two attached hydrogens (primary N) is 1. The first kappa shape index (κ1) is 31.4. The Morgan fingerprint density at radius 2 is 1.71 bits per heavy atom. The van der Waals surface area contributed by atoms with Crippen LogP contribution >= 0.6 is 0 Å². The molecule has 2 aromatic carbocycles. The number of phenols is 1. The number of benzene rings is 2. The number of rotatable bonds is 7. The minimum atomic E-state index is -2.71. The molecule has 0 aliphatic heterocycles. The van der Waals surface area contributed by atoms with Crippen molar-refractivity contribution in [1.82, 2.24) is 4.90 Å². The zero-order valence-corrected chi connectivity index (χ0v) is 24.8. The van der Waals surface area contributed by atoms with Gasteiger partial charge in [0.25, 0.3) is 5.91 Å². The van der Waals surface area contributed by atoms with Crippen LogP contribution in [0.3, 0.4) is 0 Å². The summed E-state index contributed by atoms with van der Waals surface area (Å²) in [5.41, 5.74) is 3.79. The molecule has 236 valence electrons. The third-order valence-electron chi connectivity index (χ3n) is 8.87. The number of ketones is 2. The van der Waals surface area contributed by atoms with E-state index in [9.17, 15) is 44.4 Å². The van der Waals surface area contributed by atoms with Crippen LogP contribution < -0.4 is 11.1 Å². The smallest absolute Gasteiger partial charge is 0.306 e. The summed E-state index contributed by atoms with van der Waals surface area (Å²) in [6.45, 7) is 0. The molecule has 3 aliphatic rings. The topological polar surface area (TPSA) is 217 Å². The summed E-state index contributed by atoms with van der Waals surface area (Å²) < 4.78 is 4.55. The third kappa shape index (κ3) is 5.03. The van der Waals surface area contributed by atoms with Crippen LogP contribution in [0.1, 0.15) is 30.4 Å². The molecule has 5 rings (SSSR count). The van der Waals surface area contributed by atoms with E-state index in [2.05, 4.69) is 10.1 Å². The van der Waals surface area contributed by atoms with Gasteiger partial charge >= 0.3 is 5.97 Å². The quantitative estimate of drug-likeness (QED) is 0.193. The predicted octanol–water partition coefficient (Wildman–Crippen LogP) is 1.52. The first-order valence-electron chi connectivity index (χ1n) is 14.2. The molecule has 1 fully saturated rings. The Hall–Kier alpha value is -5.01. The van der Waals surface area contributed by atoms with Gasteiger partial charge in [-0.05, 0) is 67.7 Å². The van der Waals surface area contributed by atoms with Crippen LogP contribution in [0, 0.1) is 11.8 Å². The number of aliphatic hydroxyl groups excluding tert-OH is 2. The molecule has 7 N–H and O–H groups in total. The van der Waals surface area contributed by atoms with E-state index in [0.717, 1.165) is 0 Å². The number of anilines is 1. The predicted molar refractivity (Wildman–Crippen MR) is 160 cm³/mol. The molecule has 0 saturated heterocycles. The molecule has 0 heterocycles. The van der Waals surface area contributed by atoms with E-state index in [0.29, 0.717) is 22.4 Å². The Labute approximate surface area is 257 Å². The Morgan fingerprint density at radius 3 is 2.31 bits per heavy atom. The normalized spacial score (nSPS) is 24.2. The largest absolute Gasteiger partial charge is 0.508 e. The monoisotopic (exact) mass is 619 g/mol. The number of carbonyl (C=O) groups is 5. The second-order valence-corrected chi connectivity index (χ2v) is 11.6. The number of hydrogen-bond acceptors (Lipinski definition) is 11. The Bertz CT molecular complexity index is 1710. The van der Waals surface area contributed by atoms with Gasteiger partial charge < -0.3 is 36.2 Å². The van der Waals surface area contributed by atoms with Crippen molar-refractivity contribution in [2.45, 2.75) is 37.3 Å². The fourth-order valence-electron chi connectivity index (χ4n) is 6.79. The van der Waals surface area contributed by atoms with Gasteiger partial charge in [0, 0.05) is 23.6 Å². The van der Waals surface area contributed by atoms with Gasteiger partial charge in [-0.2, -0.15) is 0 Å². The number of Topliss-reactive ketones (excluding diaryl/α,β-unsaturated/α-hetero) is 2. The van der Waals surface area contributed by atoms with Gasteiger partial charge in [0.1, 0.15) is 22.8 Å². The van der Waals surface area contributed by atoms with Crippen molar-refractivity contribution in [3.63, 3.8) is 0 Å². The standard InChI is InChI=1S/C32H33N3O10/c1-35(2)26-19-13-15-12-18-17(14-4-6-16(7-5-14)34-21(37)10-11-22(38)45-3)8-9-20(36)24(18)27(39)23(15)29(41)32(19,44)30(42)25(28(26)40)31(33)43/h4-9,15,19,26,36,39,42,44H,10-13H2,1-3H3,(H2,33,43)(H,34,37)/t15-,19-,26?,32-/m0/s1. The molecule has 2 aromatic rings. The van der Waals surface area contributed by atoms with Crippen molar-refractivity contribution in [1.29, 1.82) is 0 Å². The summed E-state index contributed by atoms with van der Waals surface area (Å²) in [5, 5.41) is 47.7. The molecular formula is C32H33N3O10. The van der Waals surface area contributed by atoms with Crippen molar-refractivity contribution < 1.29 is 49.1 Å². The zero-order chi connectivity index (χ0) is 33.0. The van der Waals surface area contributed by atoms with Gasteiger partial charge in [0.15, 0.2) is 11.4 Å². The summed E-state index contributed by atoms with van der Waals surface area (Å²) in [6.07, 6.45) is -0.0178. The molecule has 3 aliphatic carbocycles. The number of fused-ring (bicyclic) bond motifs is 3. The maximum atomic E-state index is 14.0. The SMILES string of the molecule is COC(=O)CCC(=O)Nc1ccc(-c2ccc(O)c3c2C[C@H]2C[C@H]4C(N(C)C)C(=O)C(C(N)=O)=C(O)[C@@]4(O)C(=O)C2=C3O)cc1. The molecule has 0 aromatic heterocycles. The van der Waals surface area contributed by atoms with Crippen molar-refractivity contribution in [3.05, 3.63) is 64.4 Å². The van der Waals surface area contributed by atoms with Crippen molar-refractivity contribution >= 4 is 40.8 Å². The Kier molecular flexibility index (Phi) is 8.02. The highest BCUT2D eigenvalue weighted by Gasteiger charge is 2.64. The molecule has 0 spiro atoms. The number of methoxy groups -OCH3 is 1. The lowest BCUT2D eigenvalue weighted by atomic mass is 9.57. The Morgan fingerprint density at radius 1 is 1.04 bits per heavy atom. The summed E-state index contributed by atoms with van der Waals surface area (Å²) >= 11 is 0. The summed E-state index contributed by atoms with van der Waals surface area (Å²) in [7, 11) is 4.31. The van der Waals surface area contributed by atoms with Gasteiger partial charge in [0.2, 0.25) is 11.7 Å². The molecule has 0 bridgehead atoms. The number of amides is 2. The number of aliphatic hydroxyl groups is 3. The Balaban J connectivity index is 1.54. The molecular weight excluding hydrogens is 586 g/mol. The van der Waals surface area contributed by atoms with E-state index >= 15 is 0 Å². The van der Waals surface area contributed by atoms with Crippen LogP contribution in [0.4, 0.5) is 5.69 Å². The number of hydrogen-bond donors (Lipinski definition) is 6. The highest BCUT2D eigenvalue weighted by Crippen LogP contribution is 2.53. The van der Waals surface area contributed by atoms with Gasteiger partial charge in [-0.3, -0.25) is 28.9 Å². The van der Waals surface area contributed by atoms with Gasteiger partial charge in [-0.15, -0.1) is 0 Å². The average molecular weight is 620 g/mol. The molecule has 13 nitrogen and oxygen atoms in total. The first-order chi connectivity index (χ1) is 21.2. The van der Waals surface area contributed by atoms with Crippen LogP contribution in [0.2, 0.25) is 0 Å². The number of ether oxygens (including phenoxy) is 1. The molecule has 1 saturated carbocycles. The second-order valence-electron chi connectivity index (χ2n) is 11.6.